The van der Waals surface area contributed by atoms with Crippen LogP contribution in [0.2, 0.25) is 0 Å². The molecule has 1 aliphatic rings. The standard InChI is InChI=1S/C23H25FN2/c24-20-7-4-8-21(17-20)25-13-16-26-14-11-19(12-15-26)23-10-3-6-18-5-1-2-9-22(18)23/h1-10,17,19,25H,11-16H2. The second-order valence-electron chi connectivity index (χ2n) is 7.12. The molecule has 0 amide bonds. The van der Waals surface area contributed by atoms with Gasteiger partial charge >= 0.3 is 0 Å². The van der Waals surface area contributed by atoms with E-state index in [9.17, 15) is 4.39 Å². The zero-order chi connectivity index (χ0) is 17.8. The number of anilines is 1. The van der Waals surface area contributed by atoms with E-state index >= 15 is 0 Å². The average molecular weight is 348 g/mol. The molecule has 0 atom stereocenters. The lowest BCUT2D eigenvalue weighted by Gasteiger charge is -2.32. The highest BCUT2D eigenvalue weighted by Gasteiger charge is 2.21. The Bertz CT molecular complexity index is 863. The smallest absolute Gasteiger partial charge is 0.125 e. The zero-order valence-electron chi connectivity index (χ0n) is 15.0. The Hall–Kier alpha value is -2.39. The fourth-order valence-electron chi connectivity index (χ4n) is 4.03. The molecule has 0 radical (unpaired) electrons. The fourth-order valence-corrected chi connectivity index (χ4v) is 4.03. The number of nitrogens with one attached hydrogen (secondary N) is 1. The highest BCUT2D eigenvalue weighted by atomic mass is 19.1. The lowest BCUT2D eigenvalue weighted by molar-refractivity contribution is 0.220. The minimum absolute atomic E-state index is 0.189. The molecule has 26 heavy (non-hydrogen) atoms. The van der Waals surface area contributed by atoms with Gasteiger partial charge in [0.2, 0.25) is 0 Å². The summed E-state index contributed by atoms with van der Waals surface area (Å²) in [5, 5.41) is 6.06. The molecule has 2 nitrogen and oxygen atoms in total. The van der Waals surface area contributed by atoms with Crippen LogP contribution in [0, 0.1) is 5.82 Å². The predicted molar refractivity (Wildman–Crippen MR) is 107 cm³/mol. The van der Waals surface area contributed by atoms with E-state index in [4.69, 9.17) is 0 Å². The van der Waals surface area contributed by atoms with E-state index in [1.54, 1.807) is 12.1 Å². The molecule has 0 saturated carbocycles. The van der Waals surface area contributed by atoms with E-state index in [0.717, 1.165) is 31.9 Å². The SMILES string of the molecule is Fc1cccc(NCCN2CCC(c3cccc4ccccc34)CC2)c1. The van der Waals surface area contributed by atoms with Crippen LogP contribution in [0.3, 0.4) is 0 Å². The van der Waals surface area contributed by atoms with Crippen LogP contribution in [0.5, 0.6) is 0 Å². The van der Waals surface area contributed by atoms with Crippen LogP contribution in [0.25, 0.3) is 10.8 Å². The first-order chi connectivity index (χ1) is 12.8. The van der Waals surface area contributed by atoms with Gasteiger partial charge in [-0.15, -0.1) is 0 Å². The third-order valence-corrected chi connectivity index (χ3v) is 5.43. The fraction of sp³-hybridized carbons (Fsp3) is 0.304. The molecule has 0 aromatic heterocycles. The minimum Gasteiger partial charge on any atom is -0.384 e. The number of piperidine rings is 1. The third kappa shape index (κ3) is 3.88. The molecule has 0 aliphatic carbocycles. The van der Waals surface area contributed by atoms with Crippen LogP contribution in [0.1, 0.15) is 24.3 Å². The first kappa shape index (κ1) is 17.0. The quantitative estimate of drug-likeness (QED) is 0.676. The number of likely N-dealkylation sites (tertiary alicyclic amines) is 1. The summed E-state index contributed by atoms with van der Waals surface area (Å²) in [7, 11) is 0. The molecule has 3 aromatic rings. The van der Waals surface area contributed by atoms with Gasteiger partial charge in [0.15, 0.2) is 0 Å². The normalized spacial score (nSPS) is 16.0. The van der Waals surface area contributed by atoms with Crippen LogP contribution in [0.15, 0.2) is 66.7 Å². The number of halogens is 1. The van der Waals surface area contributed by atoms with Crippen molar-refractivity contribution in [1.29, 1.82) is 0 Å². The van der Waals surface area contributed by atoms with Gasteiger partial charge in [-0.25, -0.2) is 4.39 Å². The zero-order valence-corrected chi connectivity index (χ0v) is 15.0. The van der Waals surface area contributed by atoms with Gasteiger partial charge in [-0.3, -0.25) is 0 Å². The van der Waals surface area contributed by atoms with Crippen molar-refractivity contribution in [1.82, 2.24) is 4.90 Å². The number of fused-ring (bicyclic) bond motifs is 1. The van der Waals surface area contributed by atoms with Crippen molar-refractivity contribution in [3.05, 3.63) is 78.1 Å². The summed E-state index contributed by atoms with van der Waals surface area (Å²) >= 11 is 0. The van der Waals surface area contributed by atoms with Crippen molar-refractivity contribution < 1.29 is 4.39 Å². The molecule has 1 N–H and O–H groups in total. The number of benzene rings is 3. The Morgan fingerprint density at radius 1 is 0.923 bits per heavy atom. The summed E-state index contributed by atoms with van der Waals surface area (Å²) in [4.78, 5) is 2.51. The molecule has 134 valence electrons. The summed E-state index contributed by atoms with van der Waals surface area (Å²) in [6.07, 6.45) is 2.40. The van der Waals surface area contributed by atoms with Gasteiger partial charge in [-0.05, 0) is 66.4 Å². The first-order valence-electron chi connectivity index (χ1n) is 9.49. The van der Waals surface area contributed by atoms with E-state index < -0.39 is 0 Å². The van der Waals surface area contributed by atoms with Gasteiger partial charge in [0, 0.05) is 18.8 Å². The highest BCUT2D eigenvalue weighted by molar-refractivity contribution is 5.86. The maximum absolute atomic E-state index is 13.2. The Morgan fingerprint density at radius 2 is 1.69 bits per heavy atom. The first-order valence-corrected chi connectivity index (χ1v) is 9.49. The van der Waals surface area contributed by atoms with Crippen LogP contribution >= 0.6 is 0 Å². The minimum atomic E-state index is -0.189. The topological polar surface area (TPSA) is 15.3 Å². The summed E-state index contributed by atoms with van der Waals surface area (Å²) in [6.45, 7) is 4.10. The molecule has 0 spiro atoms. The van der Waals surface area contributed by atoms with Crippen molar-refractivity contribution in [3.8, 4) is 0 Å². The molecular weight excluding hydrogens is 323 g/mol. The second-order valence-corrected chi connectivity index (χ2v) is 7.12. The summed E-state index contributed by atoms with van der Waals surface area (Å²) < 4.78 is 13.2. The molecule has 1 aliphatic heterocycles. The van der Waals surface area contributed by atoms with Gasteiger partial charge in [0.1, 0.15) is 5.82 Å². The van der Waals surface area contributed by atoms with Gasteiger partial charge in [0.25, 0.3) is 0 Å². The molecule has 4 rings (SSSR count). The van der Waals surface area contributed by atoms with E-state index in [1.165, 1.54) is 35.2 Å². The second kappa shape index (κ2) is 7.88. The molecule has 1 fully saturated rings. The summed E-state index contributed by atoms with van der Waals surface area (Å²) in [5.41, 5.74) is 2.36. The molecular formula is C23H25FN2. The Balaban J connectivity index is 1.31. The van der Waals surface area contributed by atoms with Crippen LogP contribution in [-0.2, 0) is 0 Å². The maximum Gasteiger partial charge on any atom is 0.125 e. The van der Waals surface area contributed by atoms with Crippen molar-refractivity contribution in [2.24, 2.45) is 0 Å². The molecule has 0 unspecified atom stereocenters. The van der Waals surface area contributed by atoms with E-state index in [-0.39, 0.29) is 5.82 Å². The largest absolute Gasteiger partial charge is 0.384 e. The summed E-state index contributed by atoms with van der Waals surface area (Å²) in [6, 6.07) is 22.1. The lowest BCUT2D eigenvalue weighted by atomic mass is 9.86. The Morgan fingerprint density at radius 3 is 2.54 bits per heavy atom. The molecule has 3 aromatic carbocycles. The lowest BCUT2D eigenvalue weighted by Crippen LogP contribution is -2.36. The number of hydrogen-bond donors (Lipinski definition) is 1. The Labute approximate surface area is 154 Å². The van der Waals surface area contributed by atoms with Crippen molar-refractivity contribution >= 4 is 16.5 Å². The van der Waals surface area contributed by atoms with Crippen molar-refractivity contribution in [2.75, 3.05) is 31.5 Å². The Kier molecular flexibility index (Phi) is 5.16. The third-order valence-electron chi connectivity index (χ3n) is 5.43. The van der Waals surface area contributed by atoms with Crippen LogP contribution in [0.4, 0.5) is 10.1 Å². The van der Waals surface area contributed by atoms with Crippen LogP contribution in [-0.4, -0.2) is 31.1 Å². The van der Waals surface area contributed by atoms with Gasteiger partial charge in [-0.2, -0.15) is 0 Å². The molecule has 3 heteroatoms. The predicted octanol–water partition coefficient (Wildman–Crippen LogP) is 5.27. The van der Waals surface area contributed by atoms with Crippen molar-refractivity contribution in [3.63, 3.8) is 0 Å². The van der Waals surface area contributed by atoms with Crippen LogP contribution < -0.4 is 5.32 Å². The highest BCUT2D eigenvalue weighted by Crippen LogP contribution is 2.32. The monoisotopic (exact) mass is 348 g/mol. The van der Waals surface area contributed by atoms with Gasteiger partial charge in [-0.1, -0.05) is 48.5 Å². The van der Waals surface area contributed by atoms with Crippen molar-refractivity contribution in [2.45, 2.75) is 18.8 Å². The van der Waals surface area contributed by atoms with E-state index in [2.05, 4.69) is 52.7 Å². The van der Waals surface area contributed by atoms with Gasteiger partial charge in [0.05, 0.1) is 0 Å². The molecule has 1 heterocycles. The number of rotatable bonds is 5. The maximum atomic E-state index is 13.2. The number of hydrogen-bond acceptors (Lipinski definition) is 2. The average Bonchev–Trinajstić information content (AvgIpc) is 2.68. The van der Waals surface area contributed by atoms with E-state index in [1.807, 2.05) is 6.07 Å². The molecule has 0 bridgehead atoms. The molecule has 1 saturated heterocycles. The number of nitrogens with zero attached hydrogens (tertiary/aromatic N) is 1. The summed E-state index contributed by atoms with van der Waals surface area (Å²) in [5.74, 6) is 0.458. The van der Waals surface area contributed by atoms with E-state index in [0.29, 0.717) is 5.92 Å². The van der Waals surface area contributed by atoms with Gasteiger partial charge < -0.3 is 10.2 Å².